The van der Waals surface area contributed by atoms with Crippen LogP contribution in [0.15, 0.2) is 41.7 Å². The van der Waals surface area contributed by atoms with Crippen LogP contribution < -0.4 is 10.1 Å². The number of benzene rings is 1. The topological polar surface area (TPSA) is 89.9 Å². The van der Waals surface area contributed by atoms with Gasteiger partial charge >= 0.3 is 0 Å². The Kier molecular flexibility index (Phi) is 8.25. The first kappa shape index (κ1) is 23.7. The third kappa shape index (κ3) is 6.47. The van der Waals surface area contributed by atoms with Crippen molar-refractivity contribution in [2.45, 2.75) is 32.1 Å². The van der Waals surface area contributed by atoms with Crippen LogP contribution in [0.4, 0.5) is 0 Å². The lowest BCUT2D eigenvalue weighted by atomic mass is 10.0. The second-order valence-electron chi connectivity index (χ2n) is 7.16. The second kappa shape index (κ2) is 10.4. The number of nitrogens with zero attached hydrogens (tertiary/aromatic N) is 2. The van der Waals surface area contributed by atoms with Gasteiger partial charge in [-0.3, -0.25) is 9.59 Å². The van der Waals surface area contributed by atoms with Crippen LogP contribution in [0, 0.1) is 0 Å². The van der Waals surface area contributed by atoms with Gasteiger partial charge < -0.3 is 14.9 Å². The second-order valence-corrected chi connectivity index (χ2v) is 9.37. The third-order valence-electron chi connectivity index (χ3n) is 3.70. The Labute approximate surface area is 185 Å². The molecule has 1 amide bonds. The van der Waals surface area contributed by atoms with Crippen LogP contribution in [-0.4, -0.2) is 40.6 Å². The van der Waals surface area contributed by atoms with E-state index >= 15 is 0 Å². The SMILES string of the molecule is CNC(=O)C(=NOC)c1ccccc1COc1ncc(C(=O)SC(C)(C)C)cc1Cl. The standard InChI is InChI=1S/C21H24ClN3O4S/c1-21(2,3)30-20(27)14-10-16(22)19(24-11-14)29-12-13-8-6-7-9-15(13)17(25-28-5)18(26)23-4/h6-11H,12H2,1-5H3,(H,23,26). The van der Waals surface area contributed by atoms with Gasteiger partial charge in [0, 0.05) is 29.1 Å². The van der Waals surface area contributed by atoms with E-state index in [0.29, 0.717) is 16.7 Å². The minimum atomic E-state index is -0.389. The molecule has 0 bridgehead atoms. The van der Waals surface area contributed by atoms with Crippen LogP contribution >= 0.6 is 23.4 Å². The summed E-state index contributed by atoms with van der Waals surface area (Å²) in [6.07, 6.45) is 1.44. The molecule has 0 spiro atoms. The van der Waals surface area contributed by atoms with Crippen molar-refractivity contribution >= 4 is 40.1 Å². The maximum atomic E-state index is 12.3. The number of halogens is 1. The molecule has 0 saturated carbocycles. The van der Waals surface area contributed by atoms with E-state index in [9.17, 15) is 9.59 Å². The molecule has 7 nitrogen and oxygen atoms in total. The quantitative estimate of drug-likeness (QED) is 0.506. The first-order chi connectivity index (χ1) is 14.2. The highest BCUT2D eigenvalue weighted by atomic mass is 35.5. The number of nitrogens with one attached hydrogen (secondary N) is 1. The number of carbonyl (C=O) groups excluding carboxylic acids is 2. The summed E-state index contributed by atoms with van der Waals surface area (Å²) < 4.78 is 5.54. The van der Waals surface area contributed by atoms with Crippen molar-refractivity contribution in [3.8, 4) is 5.88 Å². The zero-order valence-corrected chi connectivity index (χ0v) is 19.1. The number of ether oxygens (including phenoxy) is 1. The van der Waals surface area contributed by atoms with Gasteiger partial charge in [0.1, 0.15) is 18.7 Å². The summed E-state index contributed by atoms with van der Waals surface area (Å²) in [5.74, 6) is -0.200. The monoisotopic (exact) mass is 449 g/mol. The zero-order chi connectivity index (χ0) is 22.3. The molecule has 2 rings (SSSR count). The number of thioether (sulfide) groups is 1. The lowest BCUT2D eigenvalue weighted by Crippen LogP contribution is -2.29. The molecule has 0 unspecified atom stereocenters. The highest BCUT2D eigenvalue weighted by Crippen LogP contribution is 2.30. The highest BCUT2D eigenvalue weighted by molar-refractivity contribution is 8.15. The van der Waals surface area contributed by atoms with Crippen molar-refractivity contribution in [2.75, 3.05) is 14.2 Å². The summed E-state index contributed by atoms with van der Waals surface area (Å²) in [5.41, 5.74) is 1.78. The summed E-state index contributed by atoms with van der Waals surface area (Å²) in [5, 5.41) is 6.47. The highest BCUT2D eigenvalue weighted by Gasteiger charge is 2.20. The molecule has 0 aliphatic rings. The minimum Gasteiger partial charge on any atom is -0.472 e. The molecular formula is C21H24ClN3O4S. The maximum Gasteiger partial charge on any atom is 0.273 e. The number of hydrogen-bond acceptors (Lipinski definition) is 7. The number of pyridine rings is 1. The Hall–Kier alpha value is -2.58. The Balaban J connectivity index is 2.21. The molecule has 0 saturated heterocycles. The fourth-order valence-electron chi connectivity index (χ4n) is 2.43. The summed E-state index contributed by atoms with van der Waals surface area (Å²) in [6.45, 7) is 5.96. The van der Waals surface area contributed by atoms with Crippen molar-refractivity contribution in [3.05, 3.63) is 58.2 Å². The molecule has 2 aromatic rings. The van der Waals surface area contributed by atoms with Crippen molar-refractivity contribution in [2.24, 2.45) is 5.16 Å². The Bertz CT molecular complexity index is 958. The van der Waals surface area contributed by atoms with Crippen LogP contribution in [0.2, 0.25) is 5.02 Å². The van der Waals surface area contributed by atoms with Crippen molar-refractivity contribution in [1.29, 1.82) is 0 Å². The lowest BCUT2D eigenvalue weighted by molar-refractivity contribution is -0.114. The van der Waals surface area contributed by atoms with Crippen LogP contribution in [-0.2, 0) is 16.2 Å². The number of rotatable bonds is 7. The first-order valence-corrected chi connectivity index (χ1v) is 10.3. The molecule has 1 heterocycles. The summed E-state index contributed by atoms with van der Waals surface area (Å²) >= 11 is 7.49. The van der Waals surface area contributed by atoms with E-state index in [1.165, 1.54) is 32.1 Å². The molecule has 1 N–H and O–H groups in total. The number of hydrogen-bond donors (Lipinski definition) is 1. The summed E-state index contributed by atoms with van der Waals surface area (Å²) in [7, 11) is 2.88. The van der Waals surface area contributed by atoms with Gasteiger partial charge in [-0.1, -0.05) is 73.6 Å². The summed E-state index contributed by atoms with van der Waals surface area (Å²) in [4.78, 5) is 33.5. The number of aromatic nitrogens is 1. The fourth-order valence-corrected chi connectivity index (χ4v) is 3.43. The van der Waals surface area contributed by atoms with Crippen LogP contribution in [0.5, 0.6) is 5.88 Å². The van der Waals surface area contributed by atoms with E-state index in [1.54, 1.807) is 24.3 Å². The van der Waals surface area contributed by atoms with Gasteiger partial charge in [0.25, 0.3) is 5.91 Å². The average Bonchev–Trinajstić information content (AvgIpc) is 2.69. The van der Waals surface area contributed by atoms with Gasteiger partial charge in [0.15, 0.2) is 5.71 Å². The van der Waals surface area contributed by atoms with Crippen molar-refractivity contribution in [3.63, 3.8) is 0 Å². The Morgan fingerprint density at radius 2 is 1.97 bits per heavy atom. The Morgan fingerprint density at radius 3 is 2.57 bits per heavy atom. The molecule has 0 aliphatic carbocycles. The van der Waals surface area contributed by atoms with E-state index in [1.807, 2.05) is 26.8 Å². The van der Waals surface area contributed by atoms with Gasteiger partial charge in [-0.05, 0) is 11.6 Å². The zero-order valence-electron chi connectivity index (χ0n) is 17.5. The smallest absolute Gasteiger partial charge is 0.273 e. The van der Waals surface area contributed by atoms with E-state index in [-0.39, 0.29) is 39.0 Å². The predicted molar refractivity (Wildman–Crippen MR) is 119 cm³/mol. The van der Waals surface area contributed by atoms with Crippen LogP contribution in [0.1, 0.15) is 42.3 Å². The van der Waals surface area contributed by atoms with Crippen LogP contribution in [0.3, 0.4) is 0 Å². The third-order valence-corrected chi connectivity index (χ3v) is 5.01. The molecule has 9 heteroatoms. The average molecular weight is 450 g/mol. The maximum absolute atomic E-state index is 12.3. The molecule has 1 aromatic heterocycles. The van der Waals surface area contributed by atoms with E-state index < -0.39 is 0 Å². The predicted octanol–water partition coefficient (Wildman–Crippen LogP) is 4.08. The van der Waals surface area contributed by atoms with Gasteiger partial charge in [0.2, 0.25) is 11.0 Å². The number of amides is 1. The molecule has 0 atom stereocenters. The van der Waals surface area contributed by atoms with Gasteiger partial charge in [-0.25, -0.2) is 4.98 Å². The summed E-state index contributed by atoms with van der Waals surface area (Å²) in [6, 6.07) is 8.68. The minimum absolute atomic E-state index is 0.0899. The number of carbonyl (C=O) groups is 2. The first-order valence-electron chi connectivity index (χ1n) is 9.09. The molecule has 0 fully saturated rings. The molecule has 160 valence electrons. The Morgan fingerprint density at radius 1 is 1.27 bits per heavy atom. The largest absolute Gasteiger partial charge is 0.472 e. The number of likely N-dealkylation sites (N-methyl/N-ethyl adjacent to an activating group) is 1. The number of oxime groups is 1. The molecule has 0 radical (unpaired) electrons. The van der Waals surface area contributed by atoms with Gasteiger partial charge in [0.05, 0.1) is 0 Å². The van der Waals surface area contributed by atoms with Gasteiger partial charge in [-0.15, -0.1) is 0 Å². The van der Waals surface area contributed by atoms with E-state index in [0.717, 1.165) is 0 Å². The fraction of sp³-hybridized carbons (Fsp3) is 0.333. The molecule has 30 heavy (non-hydrogen) atoms. The van der Waals surface area contributed by atoms with Gasteiger partial charge in [-0.2, -0.15) is 0 Å². The molecular weight excluding hydrogens is 426 g/mol. The molecule has 0 aliphatic heterocycles. The van der Waals surface area contributed by atoms with Crippen molar-refractivity contribution in [1.82, 2.24) is 10.3 Å². The lowest BCUT2D eigenvalue weighted by Gasteiger charge is -2.16. The van der Waals surface area contributed by atoms with Crippen LogP contribution in [0.25, 0.3) is 0 Å². The van der Waals surface area contributed by atoms with E-state index in [2.05, 4.69) is 15.5 Å². The molecule has 1 aromatic carbocycles. The van der Waals surface area contributed by atoms with E-state index in [4.69, 9.17) is 21.2 Å². The van der Waals surface area contributed by atoms with Crippen molar-refractivity contribution < 1.29 is 19.2 Å². The normalized spacial score (nSPS) is 11.7.